The van der Waals surface area contributed by atoms with Crippen LogP contribution in [-0.2, 0) is 19.5 Å². The second-order valence-electron chi connectivity index (χ2n) is 16.2. The molecule has 8 rings (SSSR count). The number of ether oxygens (including phenoxy) is 3. The van der Waals surface area contributed by atoms with Gasteiger partial charge in [-0.2, -0.15) is 9.97 Å². The van der Waals surface area contributed by atoms with Gasteiger partial charge in [0.25, 0.3) is 5.89 Å². The van der Waals surface area contributed by atoms with Crippen molar-refractivity contribution in [3.63, 3.8) is 0 Å². The summed E-state index contributed by atoms with van der Waals surface area (Å²) in [5.74, 6) is 6.64. The number of nitrogens with zero attached hydrogens (tertiary/aromatic N) is 8. The predicted molar refractivity (Wildman–Crippen MR) is 224 cm³/mol. The first-order chi connectivity index (χ1) is 28.8. The largest absolute Gasteiger partial charge is 0.493 e. The molecule has 0 bridgehead atoms. The van der Waals surface area contributed by atoms with Crippen LogP contribution in [0, 0.1) is 11.8 Å². The van der Waals surface area contributed by atoms with Crippen LogP contribution >= 0.6 is 0 Å². The van der Waals surface area contributed by atoms with E-state index >= 15 is 0 Å². The maximum atomic E-state index is 5.86. The summed E-state index contributed by atoms with van der Waals surface area (Å²) in [6, 6.07) is 28.1. The van der Waals surface area contributed by atoms with Gasteiger partial charge >= 0.3 is 0 Å². The summed E-state index contributed by atoms with van der Waals surface area (Å²) in [4.78, 5) is 22.8. The quantitative estimate of drug-likeness (QED) is 0.0930. The average molecular weight is 801 g/mol. The molecule has 0 spiro atoms. The molecule has 4 aromatic heterocycles. The zero-order valence-electron chi connectivity index (χ0n) is 34.9. The molecule has 2 aromatic carbocycles. The molecule has 13 heteroatoms. The highest BCUT2D eigenvalue weighted by atomic mass is 16.5. The Morgan fingerprint density at radius 2 is 1.29 bits per heavy atom. The molecular formula is C46H56N8O5. The number of hydrogen-bond acceptors (Lipinski definition) is 13. The highest BCUT2D eigenvalue weighted by molar-refractivity contribution is 5.47. The minimum Gasteiger partial charge on any atom is -0.493 e. The van der Waals surface area contributed by atoms with Crippen LogP contribution in [0.15, 0.2) is 100 Å². The molecule has 2 unspecified atom stereocenters. The fourth-order valence-electron chi connectivity index (χ4n) is 7.20. The fourth-order valence-corrected chi connectivity index (χ4v) is 7.20. The Morgan fingerprint density at radius 3 is 1.88 bits per heavy atom. The Morgan fingerprint density at radius 1 is 0.678 bits per heavy atom. The van der Waals surface area contributed by atoms with Gasteiger partial charge in [-0.15, -0.1) is 0 Å². The van der Waals surface area contributed by atoms with Gasteiger partial charge in [0.1, 0.15) is 17.2 Å². The summed E-state index contributed by atoms with van der Waals surface area (Å²) < 4.78 is 27.8. The van der Waals surface area contributed by atoms with Crippen LogP contribution in [0.25, 0.3) is 11.6 Å². The van der Waals surface area contributed by atoms with Crippen molar-refractivity contribution in [1.82, 2.24) is 40.0 Å². The highest BCUT2D eigenvalue weighted by Gasteiger charge is 2.29. The normalized spacial score (nSPS) is 17.0. The van der Waals surface area contributed by atoms with E-state index in [1.807, 2.05) is 42.5 Å². The fraction of sp³-hybridized carbons (Fsp3) is 0.435. The van der Waals surface area contributed by atoms with E-state index in [0.29, 0.717) is 47.5 Å². The van der Waals surface area contributed by atoms with Gasteiger partial charge in [0.05, 0.1) is 26.7 Å². The van der Waals surface area contributed by atoms with Crippen molar-refractivity contribution in [3.05, 3.63) is 125 Å². The van der Waals surface area contributed by atoms with E-state index < -0.39 is 0 Å². The maximum Gasteiger partial charge on any atom is 0.276 e. The van der Waals surface area contributed by atoms with E-state index in [1.54, 1.807) is 19.4 Å². The van der Waals surface area contributed by atoms with Crippen molar-refractivity contribution >= 4 is 0 Å². The molecule has 2 aliphatic heterocycles. The molecule has 59 heavy (non-hydrogen) atoms. The summed E-state index contributed by atoms with van der Waals surface area (Å²) in [6.07, 6.45) is 4.41. The number of benzene rings is 2. The van der Waals surface area contributed by atoms with E-state index in [2.05, 4.69) is 104 Å². The number of likely N-dealkylation sites (tertiary alicyclic amines) is 2. The zero-order valence-corrected chi connectivity index (χ0v) is 34.9. The van der Waals surface area contributed by atoms with Crippen LogP contribution in [0.3, 0.4) is 0 Å². The van der Waals surface area contributed by atoms with Crippen LogP contribution in [0.1, 0.15) is 86.7 Å². The predicted octanol–water partition coefficient (Wildman–Crippen LogP) is 8.24. The Kier molecular flexibility index (Phi) is 14.3. The third-order valence-corrected chi connectivity index (χ3v) is 10.2. The summed E-state index contributed by atoms with van der Waals surface area (Å²) >= 11 is 0. The number of hydrogen-bond donors (Lipinski definition) is 0. The van der Waals surface area contributed by atoms with Crippen LogP contribution in [0.5, 0.6) is 17.4 Å². The second-order valence-corrected chi connectivity index (χ2v) is 16.2. The molecule has 2 fully saturated rings. The smallest absolute Gasteiger partial charge is 0.276 e. The summed E-state index contributed by atoms with van der Waals surface area (Å²) in [5.41, 5.74) is 4.10. The van der Waals surface area contributed by atoms with Gasteiger partial charge in [0.2, 0.25) is 11.8 Å². The van der Waals surface area contributed by atoms with Gasteiger partial charge < -0.3 is 23.3 Å². The third kappa shape index (κ3) is 12.2. The topological polar surface area (TPSA) is 138 Å². The van der Waals surface area contributed by atoms with Crippen molar-refractivity contribution in [1.29, 1.82) is 0 Å². The second kappa shape index (κ2) is 20.3. The average Bonchev–Trinajstić information content (AvgIpc) is 4.09. The van der Waals surface area contributed by atoms with E-state index in [-0.39, 0.29) is 5.92 Å². The van der Waals surface area contributed by atoms with Crippen LogP contribution in [-0.4, -0.2) is 86.6 Å². The summed E-state index contributed by atoms with van der Waals surface area (Å²) in [5, 5.41) is 8.44. The number of methoxy groups -OCH3 is 1. The molecule has 0 amide bonds. The van der Waals surface area contributed by atoms with Gasteiger partial charge in [-0.05, 0) is 91.4 Å². The first-order valence-electron chi connectivity index (χ1n) is 20.7. The van der Waals surface area contributed by atoms with Crippen molar-refractivity contribution in [3.8, 4) is 29.0 Å². The maximum absolute atomic E-state index is 5.86. The van der Waals surface area contributed by atoms with Gasteiger partial charge in [-0.3, -0.25) is 14.8 Å². The molecule has 6 heterocycles. The Hall–Kier alpha value is -5.66. The minimum atomic E-state index is 0.258. The minimum absolute atomic E-state index is 0.258. The lowest BCUT2D eigenvalue weighted by molar-refractivity contribution is 0.269. The van der Waals surface area contributed by atoms with Crippen molar-refractivity contribution in [2.45, 2.75) is 71.9 Å². The van der Waals surface area contributed by atoms with Gasteiger partial charge in [-0.1, -0.05) is 74.4 Å². The van der Waals surface area contributed by atoms with E-state index in [4.69, 9.17) is 23.3 Å². The van der Waals surface area contributed by atoms with Crippen LogP contribution in [0.4, 0.5) is 0 Å². The van der Waals surface area contributed by atoms with Crippen molar-refractivity contribution < 1.29 is 23.3 Å². The van der Waals surface area contributed by atoms with E-state index in [1.165, 1.54) is 11.1 Å². The number of rotatable bonds is 16. The summed E-state index contributed by atoms with van der Waals surface area (Å²) in [6.45, 7) is 15.8. The lowest BCUT2D eigenvalue weighted by atomic mass is 10.1. The van der Waals surface area contributed by atoms with E-state index in [9.17, 15) is 0 Å². The lowest BCUT2D eigenvalue weighted by Crippen LogP contribution is -2.20. The standard InChI is InChI=1S/C23H28N4O3.C23H28N4O2/c1-16(2)15-29-19-7-4-6-17(12-19)13-27-11-10-18(14-27)22-25-23(30-26-22)20-8-5-9-21(24-20)28-3;1-17(2)16-28-21-8-5-6-18(12-21)14-27-11-9-19(15-27)23-25-22(29-26-23)13-20-7-3-4-10-24-20/h4-9,12,16,18H,10-11,13-15H2,1-3H3;3-8,10,12,17,19H,9,11,13-16H2,1-2H3. The molecule has 310 valence electrons. The molecule has 2 saturated heterocycles. The molecular weight excluding hydrogens is 745 g/mol. The zero-order chi connectivity index (χ0) is 41.0. The lowest BCUT2D eigenvalue weighted by Gasteiger charge is -2.16. The van der Waals surface area contributed by atoms with Gasteiger partial charge in [0.15, 0.2) is 11.6 Å². The molecule has 2 atom stereocenters. The van der Waals surface area contributed by atoms with Crippen molar-refractivity contribution in [2.24, 2.45) is 11.8 Å². The first kappa shape index (κ1) is 41.5. The van der Waals surface area contributed by atoms with Crippen molar-refractivity contribution in [2.75, 3.05) is 46.5 Å². The van der Waals surface area contributed by atoms with Crippen LogP contribution in [0.2, 0.25) is 0 Å². The molecule has 2 aliphatic rings. The first-order valence-corrected chi connectivity index (χ1v) is 20.7. The highest BCUT2D eigenvalue weighted by Crippen LogP contribution is 2.30. The molecule has 0 aliphatic carbocycles. The molecule has 0 saturated carbocycles. The van der Waals surface area contributed by atoms with E-state index in [0.717, 1.165) is 94.2 Å². The molecule has 0 radical (unpaired) electrons. The third-order valence-electron chi connectivity index (χ3n) is 10.2. The summed E-state index contributed by atoms with van der Waals surface area (Å²) in [7, 11) is 1.59. The Balaban J connectivity index is 0.000000179. The monoisotopic (exact) mass is 800 g/mol. The Bertz CT molecular complexity index is 2190. The SMILES string of the molecule is CC(C)COc1cccc(CN2CCC(c3noc(Cc4ccccn4)n3)C2)c1.COc1cccc(-c2nc(C3CCN(Cc4cccc(OCC(C)C)c4)C3)no2)n1. The Labute approximate surface area is 347 Å². The molecule has 6 aromatic rings. The van der Waals surface area contributed by atoms with Gasteiger partial charge in [-0.25, -0.2) is 4.98 Å². The molecule has 0 N–H and O–H groups in total. The molecule has 13 nitrogen and oxygen atoms in total. The van der Waals surface area contributed by atoms with Crippen LogP contribution < -0.4 is 14.2 Å². The van der Waals surface area contributed by atoms with Gasteiger partial charge in [0, 0.05) is 56.0 Å². The number of aromatic nitrogens is 6. The number of pyridine rings is 2.